The van der Waals surface area contributed by atoms with Gasteiger partial charge in [0.25, 0.3) is 5.91 Å². The smallest absolute Gasteiger partial charge is 0.273 e. The lowest BCUT2D eigenvalue weighted by Crippen LogP contribution is -2.24. The summed E-state index contributed by atoms with van der Waals surface area (Å²) < 4.78 is 12.9. The largest absolute Gasteiger partial charge is 0.496 e. The monoisotopic (exact) mass is 381 g/mol. The number of carbonyl (C=O) groups excluding carboxylic acids is 1. The van der Waals surface area contributed by atoms with Gasteiger partial charge in [0.2, 0.25) is 0 Å². The molecule has 0 spiro atoms. The molecule has 1 aliphatic rings. The lowest BCUT2D eigenvalue weighted by atomic mass is 10.1. The van der Waals surface area contributed by atoms with Gasteiger partial charge in [-0.1, -0.05) is 12.1 Å². The van der Waals surface area contributed by atoms with Crippen LogP contribution in [0, 0.1) is 0 Å². The van der Waals surface area contributed by atoms with Gasteiger partial charge in [-0.3, -0.25) is 14.6 Å². The number of H-pyrrole nitrogens is 1. The molecule has 0 saturated carbocycles. The van der Waals surface area contributed by atoms with Crippen LogP contribution >= 0.6 is 0 Å². The highest BCUT2D eigenvalue weighted by Crippen LogP contribution is 2.28. The minimum Gasteiger partial charge on any atom is -0.496 e. The summed E-state index contributed by atoms with van der Waals surface area (Å²) in [5, 5.41) is 14.2. The summed E-state index contributed by atoms with van der Waals surface area (Å²) in [5.41, 5.74) is 2.46. The van der Waals surface area contributed by atoms with Crippen LogP contribution in [0.5, 0.6) is 5.75 Å². The number of carbonyl (C=O) groups is 1. The Balaban J connectivity index is 1.41. The summed E-state index contributed by atoms with van der Waals surface area (Å²) in [6, 6.07) is 9.24. The topological polar surface area (TPSA) is 94.1 Å². The molecule has 1 aromatic carbocycles. The Hall–Kier alpha value is -3.13. The highest BCUT2D eigenvalue weighted by Gasteiger charge is 2.17. The fraction of sp³-hybridized carbons (Fsp3) is 0.350. The summed E-state index contributed by atoms with van der Waals surface area (Å²) in [5.74, 6) is 0.425. The number of ether oxygens (including phenoxy) is 2. The van der Waals surface area contributed by atoms with E-state index in [1.807, 2.05) is 30.5 Å². The second kappa shape index (κ2) is 8.26. The minimum absolute atomic E-state index is 0.188. The highest BCUT2D eigenvalue weighted by molar-refractivity contribution is 6.03. The zero-order chi connectivity index (χ0) is 19.3. The van der Waals surface area contributed by atoms with E-state index in [-0.39, 0.29) is 12.0 Å². The Bertz CT molecular complexity index is 943. The molecule has 1 amide bonds. The summed E-state index contributed by atoms with van der Waals surface area (Å²) >= 11 is 0. The van der Waals surface area contributed by atoms with E-state index >= 15 is 0 Å². The van der Waals surface area contributed by atoms with Gasteiger partial charge in [-0.15, -0.1) is 0 Å². The molecule has 3 aromatic rings. The number of hydrogen-bond acceptors (Lipinski definition) is 5. The number of aromatic amines is 1. The Morgan fingerprint density at radius 2 is 2.29 bits per heavy atom. The number of para-hydroxylation sites is 1. The molecular formula is C20H23N5O3. The van der Waals surface area contributed by atoms with Gasteiger partial charge in [0.1, 0.15) is 11.4 Å². The number of nitrogens with one attached hydrogen (secondary N) is 2. The number of nitrogens with zero attached hydrogens (tertiary/aromatic N) is 3. The van der Waals surface area contributed by atoms with Gasteiger partial charge in [0.15, 0.2) is 0 Å². The first-order valence-corrected chi connectivity index (χ1v) is 9.37. The zero-order valence-corrected chi connectivity index (χ0v) is 15.7. The van der Waals surface area contributed by atoms with Crippen molar-refractivity contribution in [2.24, 2.45) is 0 Å². The van der Waals surface area contributed by atoms with Crippen molar-refractivity contribution < 1.29 is 14.3 Å². The first kappa shape index (κ1) is 18.2. The molecule has 8 heteroatoms. The predicted octanol–water partition coefficient (Wildman–Crippen LogP) is 3.10. The lowest BCUT2D eigenvalue weighted by molar-refractivity contribution is 0.00400. The summed E-state index contributed by atoms with van der Waals surface area (Å²) in [6.45, 7) is 1.50. The maximum absolute atomic E-state index is 12.5. The van der Waals surface area contributed by atoms with Crippen LogP contribution in [-0.2, 0) is 11.3 Å². The van der Waals surface area contributed by atoms with E-state index in [0.29, 0.717) is 29.4 Å². The van der Waals surface area contributed by atoms with E-state index in [0.717, 1.165) is 25.0 Å². The van der Waals surface area contributed by atoms with E-state index in [9.17, 15) is 4.79 Å². The molecule has 2 N–H and O–H groups in total. The normalized spacial score (nSPS) is 16.7. The number of amides is 1. The predicted molar refractivity (Wildman–Crippen MR) is 104 cm³/mol. The molecule has 0 aliphatic carbocycles. The van der Waals surface area contributed by atoms with Gasteiger partial charge < -0.3 is 14.8 Å². The average Bonchev–Trinajstić information content (AvgIpc) is 3.38. The molecule has 8 nitrogen and oxygen atoms in total. The minimum atomic E-state index is -0.276. The third-order valence-electron chi connectivity index (χ3n) is 4.76. The third-order valence-corrected chi connectivity index (χ3v) is 4.76. The van der Waals surface area contributed by atoms with Crippen molar-refractivity contribution >= 4 is 11.6 Å². The molecule has 3 heterocycles. The Kier molecular flexibility index (Phi) is 5.38. The average molecular weight is 381 g/mol. The molecule has 0 bridgehead atoms. The molecule has 1 atom stereocenters. The van der Waals surface area contributed by atoms with Gasteiger partial charge in [-0.05, 0) is 37.5 Å². The first-order chi connectivity index (χ1) is 13.7. The molecular weight excluding hydrogens is 358 g/mol. The van der Waals surface area contributed by atoms with E-state index in [1.54, 1.807) is 24.1 Å². The van der Waals surface area contributed by atoms with E-state index < -0.39 is 0 Å². The van der Waals surface area contributed by atoms with Crippen molar-refractivity contribution in [1.29, 1.82) is 0 Å². The second-order valence-corrected chi connectivity index (χ2v) is 6.76. The van der Waals surface area contributed by atoms with Crippen molar-refractivity contribution in [2.45, 2.75) is 31.9 Å². The SMILES string of the molecule is COc1ccccc1-c1cc(C(=O)Nc2cnn(CC3CCCCO3)c2)[nH]n1. The molecule has 4 rings (SSSR count). The van der Waals surface area contributed by atoms with Gasteiger partial charge in [0, 0.05) is 18.4 Å². The fourth-order valence-corrected chi connectivity index (χ4v) is 3.32. The van der Waals surface area contributed by atoms with Crippen LogP contribution in [0.2, 0.25) is 0 Å². The standard InChI is InChI=1S/C20H23N5O3/c1-27-19-8-3-2-7-16(19)17-10-18(24-23-17)20(26)22-14-11-21-25(12-14)13-15-6-4-5-9-28-15/h2-3,7-8,10-12,15H,4-6,9,13H2,1H3,(H,22,26)(H,23,24). The fourth-order valence-electron chi connectivity index (χ4n) is 3.32. The molecule has 1 aliphatic heterocycles. The van der Waals surface area contributed by atoms with Crippen LogP contribution in [0.15, 0.2) is 42.7 Å². The van der Waals surface area contributed by atoms with Crippen LogP contribution < -0.4 is 10.1 Å². The Labute approximate surface area is 162 Å². The summed E-state index contributed by atoms with van der Waals surface area (Å²) in [6.07, 6.45) is 6.99. The number of aromatic nitrogens is 4. The van der Waals surface area contributed by atoms with Gasteiger partial charge >= 0.3 is 0 Å². The van der Waals surface area contributed by atoms with E-state index in [1.165, 1.54) is 6.42 Å². The van der Waals surface area contributed by atoms with Crippen molar-refractivity contribution in [3.05, 3.63) is 48.4 Å². The quantitative estimate of drug-likeness (QED) is 0.684. The second-order valence-electron chi connectivity index (χ2n) is 6.76. The van der Waals surface area contributed by atoms with Gasteiger partial charge in [0.05, 0.1) is 37.3 Å². The molecule has 0 radical (unpaired) electrons. The molecule has 2 aromatic heterocycles. The zero-order valence-electron chi connectivity index (χ0n) is 15.7. The number of anilines is 1. The lowest BCUT2D eigenvalue weighted by Gasteiger charge is -2.22. The van der Waals surface area contributed by atoms with Crippen LogP contribution in [-0.4, -0.2) is 45.7 Å². The molecule has 1 saturated heterocycles. The molecule has 28 heavy (non-hydrogen) atoms. The number of rotatable bonds is 6. The number of benzene rings is 1. The Morgan fingerprint density at radius 1 is 1.39 bits per heavy atom. The van der Waals surface area contributed by atoms with Crippen molar-refractivity contribution in [3.8, 4) is 17.0 Å². The maximum Gasteiger partial charge on any atom is 0.273 e. The highest BCUT2D eigenvalue weighted by atomic mass is 16.5. The summed E-state index contributed by atoms with van der Waals surface area (Å²) in [7, 11) is 1.61. The number of hydrogen-bond donors (Lipinski definition) is 2. The van der Waals surface area contributed by atoms with Crippen LogP contribution in [0.3, 0.4) is 0 Å². The van der Waals surface area contributed by atoms with Crippen molar-refractivity contribution in [1.82, 2.24) is 20.0 Å². The van der Waals surface area contributed by atoms with Crippen LogP contribution in [0.1, 0.15) is 29.8 Å². The maximum atomic E-state index is 12.5. The summed E-state index contributed by atoms with van der Waals surface area (Å²) in [4.78, 5) is 12.5. The molecule has 1 fully saturated rings. The van der Waals surface area contributed by atoms with E-state index in [4.69, 9.17) is 9.47 Å². The first-order valence-electron chi connectivity index (χ1n) is 9.37. The van der Waals surface area contributed by atoms with Gasteiger partial charge in [-0.2, -0.15) is 10.2 Å². The Morgan fingerprint density at radius 3 is 3.11 bits per heavy atom. The van der Waals surface area contributed by atoms with E-state index in [2.05, 4.69) is 20.6 Å². The third kappa shape index (κ3) is 4.07. The van der Waals surface area contributed by atoms with Gasteiger partial charge in [-0.25, -0.2) is 0 Å². The number of methoxy groups -OCH3 is 1. The van der Waals surface area contributed by atoms with Crippen LogP contribution in [0.25, 0.3) is 11.3 Å². The van der Waals surface area contributed by atoms with Crippen molar-refractivity contribution in [2.75, 3.05) is 19.0 Å². The van der Waals surface area contributed by atoms with Crippen molar-refractivity contribution in [3.63, 3.8) is 0 Å². The molecule has 1 unspecified atom stereocenters. The molecule has 146 valence electrons. The van der Waals surface area contributed by atoms with Crippen LogP contribution in [0.4, 0.5) is 5.69 Å².